The van der Waals surface area contributed by atoms with Gasteiger partial charge in [0.05, 0.1) is 27.8 Å². The van der Waals surface area contributed by atoms with Gasteiger partial charge < -0.3 is 24.5 Å². The molecule has 0 atom stereocenters. The molecule has 6 nitrogen and oxygen atoms in total. The Kier molecular flexibility index (Phi) is 5.86. The Labute approximate surface area is 158 Å². The van der Waals surface area contributed by atoms with E-state index >= 15 is 0 Å². The summed E-state index contributed by atoms with van der Waals surface area (Å²) in [5.74, 6) is 1.55. The van der Waals surface area contributed by atoms with Crippen LogP contribution in [0.1, 0.15) is 11.1 Å². The van der Waals surface area contributed by atoms with Gasteiger partial charge in [-0.25, -0.2) is 0 Å². The number of carbonyl (C=O) groups excluding carboxylic acids is 1. The summed E-state index contributed by atoms with van der Waals surface area (Å²) in [5.41, 5.74) is 3.10. The molecular formula is C21H24N2O4. The fraction of sp³-hybridized carbons (Fsp3) is 0.286. The summed E-state index contributed by atoms with van der Waals surface area (Å²) in [6.45, 7) is 0.575. The number of benzene rings is 2. The highest BCUT2D eigenvalue weighted by Gasteiger charge is 2.15. The first-order valence-corrected chi connectivity index (χ1v) is 8.76. The molecule has 142 valence electrons. The van der Waals surface area contributed by atoms with Gasteiger partial charge in [-0.3, -0.25) is 4.79 Å². The Hall–Kier alpha value is -3.15. The van der Waals surface area contributed by atoms with Gasteiger partial charge in [0.2, 0.25) is 11.7 Å². The van der Waals surface area contributed by atoms with Crippen LogP contribution >= 0.6 is 0 Å². The third-order valence-corrected chi connectivity index (χ3v) is 4.48. The second-order valence-corrected chi connectivity index (χ2v) is 6.17. The molecule has 0 aliphatic carbocycles. The smallest absolute Gasteiger partial charge is 0.224 e. The van der Waals surface area contributed by atoms with Crippen molar-refractivity contribution < 1.29 is 19.0 Å². The SMILES string of the molecule is COc1cc(CC(=O)NCCc2c[nH]c3ccccc23)cc(OC)c1OC. The Morgan fingerprint density at radius 3 is 2.41 bits per heavy atom. The molecule has 6 heteroatoms. The van der Waals surface area contributed by atoms with Crippen LogP contribution in [0.5, 0.6) is 17.2 Å². The van der Waals surface area contributed by atoms with Gasteiger partial charge in [0, 0.05) is 23.6 Å². The molecule has 0 unspecified atom stereocenters. The van der Waals surface area contributed by atoms with E-state index in [2.05, 4.69) is 16.4 Å². The molecule has 0 spiro atoms. The van der Waals surface area contributed by atoms with Crippen molar-refractivity contribution in [2.24, 2.45) is 0 Å². The average molecular weight is 368 g/mol. The minimum Gasteiger partial charge on any atom is -0.493 e. The molecule has 0 aliphatic heterocycles. The van der Waals surface area contributed by atoms with Crippen LogP contribution in [-0.2, 0) is 17.6 Å². The summed E-state index contributed by atoms with van der Waals surface area (Å²) in [6.07, 6.45) is 3.01. The van der Waals surface area contributed by atoms with E-state index < -0.39 is 0 Å². The normalized spacial score (nSPS) is 10.6. The maximum absolute atomic E-state index is 12.3. The lowest BCUT2D eigenvalue weighted by Gasteiger charge is -2.14. The number of methoxy groups -OCH3 is 3. The molecular weight excluding hydrogens is 344 g/mol. The van der Waals surface area contributed by atoms with Crippen molar-refractivity contribution in [1.29, 1.82) is 0 Å². The molecule has 0 fully saturated rings. The second kappa shape index (κ2) is 8.49. The van der Waals surface area contributed by atoms with Gasteiger partial charge in [-0.1, -0.05) is 18.2 Å². The molecule has 0 bridgehead atoms. The van der Waals surface area contributed by atoms with E-state index in [1.165, 1.54) is 10.9 Å². The van der Waals surface area contributed by atoms with E-state index in [9.17, 15) is 4.79 Å². The summed E-state index contributed by atoms with van der Waals surface area (Å²) >= 11 is 0. The van der Waals surface area contributed by atoms with Crippen molar-refractivity contribution in [2.45, 2.75) is 12.8 Å². The third kappa shape index (κ3) is 4.16. The molecule has 0 saturated heterocycles. The van der Waals surface area contributed by atoms with E-state index in [-0.39, 0.29) is 12.3 Å². The first kappa shape index (κ1) is 18.6. The standard InChI is InChI=1S/C21H24N2O4/c1-25-18-10-14(11-19(26-2)21(18)27-3)12-20(24)22-9-8-15-13-23-17-7-5-4-6-16(15)17/h4-7,10-11,13,23H,8-9,12H2,1-3H3,(H,22,24). The number of para-hydroxylation sites is 1. The van der Waals surface area contributed by atoms with Crippen LogP contribution in [0, 0.1) is 0 Å². The van der Waals surface area contributed by atoms with Crippen LogP contribution in [-0.4, -0.2) is 38.8 Å². The summed E-state index contributed by atoms with van der Waals surface area (Å²) in [6, 6.07) is 11.7. The summed E-state index contributed by atoms with van der Waals surface area (Å²) in [7, 11) is 4.67. The van der Waals surface area contributed by atoms with Crippen LogP contribution in [0.25, 0.3) is 10.9 Å². The molecule has 0 radical (unpaired) electrons. The Balaban J connectivity index is 1.61. The number of aromatic amines is 1. The topological polar surface area (TPSA) is 72.6 Å². The van der Waals surface area contributed by atoms with Gasteiger partial charge in [0.25, 0.3) is 0 Å². The fourth-order valence-corrected chi connectivity index (χ4v) is 3.16. The highest BCUT2D eigenvalue weighted by Crippen LogP contribution is 2.38. The lowest BCUT2D eigenvalue weighted by Crippen LogP contribution is -2.27. The monoisotopic (exact) mass is 368 g/mol. The Morgan fingerprint density at radius 1 is 1.04 bits per heavy atom. The van der Waals surface area contributed by atoms with Crippen LogP contribution in [0.4, 0.5) is 0 Å². The number of hydrogen-bond acceptors (Lipinski definition) is 4. The fourth-order valence-electron chi connectivity index (χ4n) is 3.16. The molecule has 27 heavy (non-hydrogen) atoms. The second-order valence-electron chi connectivity index (χ2n) is 6.17. The van der Waals surface area contributed by atoms with E-state index in [4.69, 9.17) is 14.2 Å². The molecule has 1 aromatic heterocycles. The van der Waals surface area contributed by atoms with Crippen LogP contribution in [0.2, 0.25) is 0 Å². The first-order valence-electron chi connectivity index (χ1n) is 8.76. The third-order valence-electron chi connectivity index (χ3n) is 4.48. The van der Waals surface area contributed by atoms with Gasteiger partial charge >= 0.3 is 0 Å². The number of aromatic nitrogens is 1. The predicted octanol–water partition coefficient (Wildman–Crippen LogP) is 3.10. The summed E-state index contributed by atoms with van der Waals surface area (Å²) in [4.78, 5) is 15.6. The Morgan fingerprint density at radius 2 is 1.74 bits per heavy atom. The first-order chi connectivity index (χ1) is 13.2. The number of H-pyrrole nitrogens is 1. The molecule has 3 aromatic rings. The van der Waals surface area contributed by atoms with Gasteiger partial charge in [0.1, 0.15) is 0 Å². The van der Waals surface area contributed by atoms with Crippen LogP contribution < -0.4 is 19.5 Å². The average Bonchev–Trinajstić information content (AvgIpc) is 3.10. The molecule has 3 rings (SSSR count). The lowest BCUT2D eigenvalue weighted by molar-refractivity contribution is -0.120. The van der Waals surface area contributed by atoms with Crippen molar-refractivity contribution in [3.8, 4) is 17.2 Å². The zero-order chi connectivity index (χ0) is 19.2. The van der Waals surface area contributed by atoms with Crippen molar-refractivity contribution in [3.05, 3.63) is 53.7 Å². The quantitative estimate of drug-likeness (QED) is 0.641. The Bertz CT molecular complexity index is 908. The molecule has 2 N–H and O–H groups in total. The van der Waals surface area contributed by atoms with Gasteiger partial charge in [-0.15, -0.1) is 0 Å². The lowest BCUT2D eigenvalue weighted by atomic mass is 10.1. The number of amides is 1. The highest BCUT2D eigenvalue weighted by molar-refractivity contribution is 5.83. The van der Waals surface area contributed by atoms with Crippen molar-refractivity contribution in [1.82, 2.24) is 10.3 Å². The minimum absolute atomic E-state index is 0.0517. The van der Waals surface area contributed by atoms with Crippen molar-refractivity contribution >= 4 is 16.8 Å². The van der Waals surface area contributed by atoms with Gasteiger partial charge in [-0.05, 0) is 35.7 Å². The number of rotatable bonds is 8. The van der Waals surface area contributed by atoms with E-state index in [1.807, 2.05) is 24.4 Å². The van der Waals surface area contributed by atoms with E-state index in [1.54, 1.807) is 33.5 Å². The molecule has 2 aromatic carbocycles. The number of hydrogen-bond donors (Lipinski definition) is 2. The van der Waals surface area contributed by atoms with Crippen LogP contribution in [0.3, 0.4) is 0 Å². The molecule has 1 amide bonds. The number of fused-ring (bicyclic) bond motifs is 1. The van der Waals surface area contributed by atoms with Crippen molar-refractivity contribution in [3.63, 3.8) is 0 Å². The number of ether oxygens (including phenoxy) is 3. The van der Waals surface area contributed by atoms with E-state index in [0.29, 0.717) is 23.8 Å². The van der Waals surface area contributed by atoms with Gasteiger partial charge in [0.15, 0.2) is 11.5 Å². The predicted molar refractivity (Wildman–Crippen MR) is 105 cm³/mol. The van der Waals surface area contributed by atoms with Gasteiger partial charge in [-0.2, -0.15) is 0 Å². The van der Waals surface area contributed by atoms with E-state index in [0.717, 1.165) is 17.5 Å². The number of carbonyl (C=O) groups is 1. The maximum atomic E-state index is 12.3. The van der Waals surface area contributed by atoms with Crippen molar-refractivity contribution in [2.75, 3.05) is 27.9 Å². The minimum atomic E-state index is -0.0517. The maximum Gasteiger partial charge on any atom is 0.224 e. The summed E-state index contributed by atoms with van der Waals surface area (Å²) in [5, 5.41) is 4.16. The number of nitrogens with one attached hydrogen (secondary N) is 2. The molecule has 0 aliphatic rings. The molecule has 1 heterocycles. The van der Waals surface area contributed by atoms with Crippen LogP contribution in [0.15, 0.2) is 42.6 Å². The zero-order valence-corrected chi connectivity index (χ0v) is 15.8. The summed E-state index contributed by atoms with van der Waals surface area (Å²) < 4.78 is 16.0. The zero-order valence-electron chi connectivity index (χ0n) is 15.8. The largest absolute Gasteiger partial charge is 0.493 e. The highest BCUT2D eigenvalue weighted by atomic mass is 16.5. The molecule has 0 saturated carbocycles.